The monoisotopic (exact) mass is 226 g/mol. The SMILES string of the molecule is NC(=O)c1sc2c(N)cccc2c1Cl. The van der Waals surface area contributed by atoms with Gasteiger partial charge in [-0.25, -0.2) is 0 Å². The van der Waals surface area contributed by atoms with Crippen molar-refractivity contribution in [1.82, 2.24) is 0 Å². The number of thiophene rings is 1. The lowest BCUT2D eigenvalue weighted by molar-refractivity contribution is 0.100. The number of benzene rings is 1. The predicted molar refractivity (Wildman–Crippen MR) is 59.8 cm³/mol. The van der Waals surface area contributed by atoms with Gasteiger partial charge in [0.2, 0.25) is 0 Å². The smallest absolute Gasteiger partial charge is 0.260 e. The lowest BCUT2D eigenvalue weighted by Crippen LogP contribution is -2.08. The number of hydrogen-bond acceptors (Lipinski definition) is 3. The molecular formula is C9H7ClN2OS. The molecular weight excluding hydrogens is 220 g/mol. The van der Waals surface area contributed by atoms with Gasteiger partial charge in [-0.15, -0.1) is 11.3 Å². The Morgan fingerprint density at radius 3 is 2.71 bits per heavy atom. The average Bonchev–Trinajstić information content (AvgIpc) is 2.46. The van der Waals surface area contributed by atoms with Crippen molar-refractivity contribution in [2.45, 2.75) is 0 Å². The Balaban J connectivity index is 2.86. The molecule has 1 amide bonds. The summed E-state index contributed by atoms with van der Waals surface area (Å²) in [5, 5.41) is 1.18. The first kappa shape index (κ1) is 9.30. The molecule has 2 rings (SSSR count). The van der Waals surface area contributed by atoms with Crippen molar-refractivity contribution in [2.75, 3.05) is 5.73 Å². The number of rotatable bonds is 1. The standard InChI is InChI=1S/C9H7ClN2OS/c10-6-4-2-1-3-5(11)7(4)14-8(6)9(12)13/h1-3H,11H2,(H2,12,13). The Morgan fingerprint density at radius 1 is 1.43 bits per heavy atom. The maximum Gasteiger partial charge on any atom is 0.260 e. The van der Waals surface area contributed by atoms with Crippen LogP contribution in [0.1, 0.15) is 9.67 Å². The molecule has 1 heterocycles. The summed E-state index contributed by atoms with van der Waals surface area (Å²) in [5.74, 6) is -0.518. The minimum Gasteiger partial charge on any atom is -0.398 e. The van der Waals surface area contributed by atoms with Gasteiger partial charge in [0.25, 0.3) is 5.91 Å². The van der Waals surface area contributed by atoms with Crippen molar-refractivity contribution >= 4 is 44.6 Å². The molecule has 5 heteroatoms. The van der Waals surface area contributed by atoms with E-state index in [0.717, 1.165) is 10.1 Å². The highest BCUT2D eigenvalue weighted by Crippen LogP contribution is 2.37. The molecule has 14 heavy (non-hydrogen) atoms. The van der Waals surface area contributed by atoms with Crippen LogP contribution in [0, 0.1) is 0 Å². The number of anilines is 1. The summed E-state index contributed by atoms with van der Waals surface area (Å²) in [6, 6.07) is 5.37. The van der Waals surface area contributed by atoms with Crippen LogP contribution in [0.2, 0.25) is 5.02 Å². The fourth-order valence-corrected chi connectivity index (χ4v) is 2.66. The summed E-state index contributed by atoms with van der Waals surface area (Å²) in [6.45, 7) is 0. The van der Waals surface area contributed by atoms with Gasteiger partial charge in [0.15, 0.2) is 0 Å². The Bertz CT molecular complexity index is 521. The van der Waals surface area contributed by atoms with Gasteiger partial charge in [0, 0.05) is 11.1 Å². The van der Waals surface area contributed by atoms with Crippen LogP contribution in [-0.2, 0) is 0 Å². The summed E-state index contributed by atoms with van der Waals surface area (Å²) in [6.07, 6.45) is 0. The van der Waals surface area contributed by atoms with Crippen molar-refractivity contribution in [3.05, 3.63) is 28.1 Å². The molecule has 0 fully saturated rings. The van der Waals surface area contributed by atoms with Crippen LogP contribution < -0.4 is 11.5 Å². The molecule has 72 valence electrons. The third-order valence-electron chi connectivity index (χ3n) is 1.91. The van der Waals surface area contributed by atoms with E-state index < -0.39 is 5.91 Å². The molecule has 3 nitrogen and oxygen atoms in total. The quantitative estimate of drug-likeness (QED) is 0.733. The van der Waals surface area contributed by atoms with Crippen LogP contribution in [0.15, 0.2) is 18.2 Å². The second-order valence-electron chi connectivity index (χ2n) is 2.83. The maximum absolute atomic E-state index is 11.0. The second kappa shape index (κ2) is 3.15. The molecule has 0 unspecified atom stereocenters. The lowest BCUT2D eigenvalue weighted by atomic mass is 10.2. The van der Waals surface area contributed by atoms with E-state index in [9.17, 15) is 4.79 Å². The molecule has 0 radical (unpaired) electrons. The highest BCUT2D eigenvalue weighted by molar-refractivity contribution is 7.22. The van der Waals surface area contributed by atoms with Gasteiger partial charge < -0.3 is 11.5 Å². The van der Waals surface area contributed by atoms with Crippen molar-refractivity contribution in [3.8, 4) is 0 Å². The number of hydrogen-bond donors (Lipinski definition) is 2. The largest absolute Gasteiger partial charge is 0.398 e. The van der Waals surface area contributed by atoms with Crippen molar-refractivity contribution in [1.29, 1.82) is 0 Å². The average molecular weight is 227 g/mol. The second-order valence-corrected chi connectivity index (χ2v) is 4.23. The van der Waals surface area contributed by atoms with Gasteiger partial charge in [-0.1, -0.05) is 23.7 Å². The minimum absolute atomic E-state index is 0.361. The first-order chi connectivity index (χ1) is 6.61. The number of carbonyl (C=O) groups is 1. The van der Waals surface area contributed by atoms with E-state index in [-0.39, 0.29) is 0 Å². The van der Waals surface area contributed by atoms with Gasteiger partial charge in [-0.05, 0) is 6.07 Å². The number of fused-ring (bicyclic) bond motifs is 1. The normalized spacial score (nSPS) is 10.6. The van der Waals surface area contributed by atoms with Crippen molar-refractivity contribution in [3.63, 3.8) is 0 Å². The molecule has 1 aromatic carbocycles. The number of halogens is 1. The number of primary amides is 1. The van der Waals surface area contributed by atoms with Crippen LogP contribution in [0.25, 0.3) is 10.1 Å². The topological polar surface area (TPSA) is 69.1 Å². The molecule has 0 spiro atoms. The Morgan fingerprint density at radius 2 is 2.14 bits per heavy atom. The zero-order valence-electron chi connectivity index (χ0n) is 7.08. The Labute approximate surface area is 89.3 Å². The molecule has 0 aliphatic carbocycles. The van der Waals surface area contributed by atoms with Crippen molar-refractivity contribution in [2.24, 2.45) is 5.73 Å². The predicted octanol–water partition coefficient (Wildman–Crippen LogP) is 2.24. The zero-order valence-corrected chi connectivity index (χ0v) is 8.65. The third-order valence-corrected chi connectivity index (χ3v) is 3.68. The Kier molecular flexibility index (Phi) is 2.09. The zero-order chi connectivity index (χ0) is 10.3. The molecule has 0 aliphatic heterocycles. The van der Waals surface area contributed by atoms with Crippen LogP contribution in [0.4, 0.5) is 5.69 Å². The van der Waals surface area contributed by atoms with E-state index in [4.69, 9.17) is 23.1 Å². The summed E-state index contributed by atoms with van der Waals surface area (Å²) >= 11 is 7.21. The van der Waals surface area contributed by atoms with E-state index in [1.807, 2.05) is 6.07 Å². The highest BCUT2D eigenvalue weighted by atomic mass is 35.5. The van der Waals surface area contributed by atoms with Gasteiger partial charge in [-0.2, -0.15) is 0 Å². The Hall–Kier alpha value is -1.26. The molecule has 0 saturated carbocycles. The molecule has 1 aromatic heterocycles. The van der Waals surface area contributed by atoms with Crippen LogP contribution in [-0.4, -0.2) is 5.91 Å². The lowest BCUT2D eigenvalue weighted by Gasteiger charge is -1.93. The van der Waals surface area contributed by atoms with Crippen LogP contribution in [0.3, 0.4) is 0 Å². The highest BCUT2D eigenvalue weighted by Gasteiger charge is 2.15. The first-order valence-corrected chi connectivity index (χ1v) is 5.07. The van der Waals surface area contributed by atoms with Crippen LogP contribution in [0.5, 0.6) is 0 Å². The molecule has 2 aromatic rings. The molecule has 0 aliphatic rings. The van der Waals surface area contributed by atoms with E-state index in [0.29, 0.717) is 15.6 Å². The fourth-order valence-electron chi connectivity index (χ4n) is 1.27. The van der Waals surface area contributed by atoms with E-state index in [1.54, 1.807) is 12.1 Å². The summed E-state index contributed by atoms with van der Waals surface area (Å²) in [4.78, 5) is 11.4. The van der Waals surface area contributed by atoms with Gasteiger partial charge in [-0.3, -0.25) is 4.79 Å². The maximum atomic E-state index is 11.0. The van der Waals surface area contributed by atoms with Crippen LogP contribution >= 0.6 is 22.9 Å². The summed E-state index contributed by atoms with van der Waals surface area (Å²) < 4.78 is 0.811. The fraction of sp³-hybridized carbons (Fsp3) is 0. The third kappa shape index (κ3) is 1.23. The van der Waals surface area contributed by atoms with Gasteiger partial charge in [0.1, 0.15) is 4.88 Å². The molecule has 0 atom stereocenters. The summed E-state index contributed by atoms with van der Waals surface area (Å²) in [5.41, 5.74) is 11.5. The molecule has 0 saturated heterocycles. The number of nitrogens with two attached hydrogens (primary N) is 2. The van der Waals surface area contributed by atoms with E-state index in [2.05, 4.69) is 0 Å². The summed E-state index contributed by atoms with van der Waals surface area (Å²) in [7, 11) is 0. The van der Waals surface area contributed by atoms with Gasteiger partial charge >= 0.3 is 0 Å². The van der Waals surface area contributed by atoms with Gasteiger partial charge in [0.05, 0.1) is 9.72 Å². The first-order valence-electron chi connectivity index (χ1n) is 3.87. The van der Waals surface area contributed by atoms with Crippen molar-refractivity contribution < 1.29 is 4.79 Å². The number of nitrogen functional groups attached to an aromatic ring is 1. The molecule has 4 N–H and O–H groups in total. The number of carbonyl (C=O) groups excluding carboxylic acids is 1. The number of amides is 1. The van der Waals surface area contributed by atoms with E-state index >= 15 is 0 Å². The minimum atomic E-state index is -0.518. The van der Waals surface area contributed by atoms with E-state index in [1.165, 1.54) is 11.3 Å². The molecule has 0 bridgehead atoms.